The Labute approximate surface area is 226 Å². The summed E-state index contributed by atoms with van der Waals surface area (Å²) in [6, 6.07) is 14.1. The molecule has 0 saturated carbocycles. The average molecular weight is 586 g/mol. The first-order valence-corrected chi connectivity index (χ1v) is 11.5. The van der Waals surface area contributed by atoms with Crippen molar-refractivity contribution in [3.63, 3.8) is 0 Å². The van der Waals surface area contributed by atoms with E-state index in [0.29, 0.717) is 36.0 Å². The van der Waals surface area contributed by atoms with Gasteiger partial charge < -0.3 is 20.9 Å². The van der Waals surface area contributed by atoms with E-state index in [-0.39, 0.29) is 17.2 Å². The molecule has 4 nitrogen and oxygen atoms in total. The largest absolute Gasteiger partial charge is 0.457 e. The van der Waals surface area contributed by atoms with Crippen LogP contribution >= 0.6 is 0 Å². The third kappa shape index (κ3) is 5.83. The maximum atomic E-state index is 14.5. The monoisotopic (exact) mass is 586 g/mol. The second-order valence-electron chi connectivity index (χ2n) is 8.82. The van der Waals surface area contributed by atoms with E-state index in [1.807, 2.05) is 0 Å². The van der Waals surface area contributed by atoms with Crippen LogP contribution in [0.4, 0.5) is 50.9 Å². The van der Waals surface area contributed by atoms with Crippen LogP contribution in [0.25, 0.3) is 0 Å². The van der Waals surface area contributed by atoms with Crippen LogP contribution in [0, 0.1) is 0 Å². The van der Waals surface area contributed by atoms with Crippen LogP contribution < -0.4 is 20.9 Å². The number of anilines is 2. The molecule has 41 heavy (non-hydrogen) atoms. The van der Waals surface area contributed by atoms with Gasteiger partial charge in [-0.1, -0.05) is 24.3 Å². The maximum absolute atomic E-state index is 14.5. The number of rotatable bonds is 6. The predicted octanol–water partition coefficient (Wildman–Crippen LogP) is 8.87. The van der Waals surface area contributed by atoms with E-state index in [2.05, 4.69) is 0 Å². The van der Waals surface area contributed by atoms with E-state index >= 15 is 0 Å². The molecule has 0 unspecified atom stereocenters. The van der Waals surface area contributed by atoms with Gasteiger partial charge in [-0.3, -0.25) is 0 Å². The summed E-state index contributed by atoms with van der Waals surface area (Å²) in [5, 5.41) is 0. The van der Waals surface area contributed by atoms with Crippen LogP contribution in [0.3, 0.4) is 0 Å². The molecule has 0 bridgehead atoms. The van der Waals surface area contributed by atoms with Crippen molar-refractivity contribution in [1.29, 1.82) is 0 Å². The van der Waals surface area contributed by atoms with Gasteiger partial charge in [-0.2, -0.15) is 39.5 Å². The zero-order chi connectivity index (χ0) is 30.2. The van der Waals surface area contributed by atoms with Gasteiger partial charge in [0.05, 0.1) is 0 Å². The Morgan fingerprint density at radius 2 is 0.854 bits per heavy atom. The molecule has 4 rings (SSSR count). The molecule has 4 N–H and O–H groups in total. The predicted molar refractivity (Wildman–Crippen MR) is 133 cm³/mol. The fourth-order valence-electron chi connectivity index (χ4n) is 4.19. The summed E-state index contributed by atoms with van der Waals surface area (Å²) in [6.07, 6.45) is -16.7. The van der Waals surface area contributed by atoms with Crippen LogP contribution in [0.1, 0.15) is 16.7 Å². The molecule has 0 aliphatic rings. The van der Waals surface area contributed by atoms with Gasteiger partial charge in [0.15, 0.2) is 0 Å². The zero-order valence-corrected chi connectivity index (χ0v) is 20.5. The van der Waals surface area contributed by atoms with Crippen LogP contribution in [0.15, 0.2) is 91.0 Å². The summed E-state index contributed by atoms with van der Waals surface area (Å²) < 4.78 is 138. The van der Waals surface area contributed by atoms with Gasteiger partial charge in [-0.25, -0.2) is 0 Å². The molecule has 0 aromatic heterocycles. The Balaban J connectivity index is 1.73. The number of benzene rings is 4. The van der Waals surface area contributed by atoms with Gasteiger partial charge in [0.1, 0.15) is 28.6 Å². The van der Waals surface area contributed by atoms with Gasteiger partial charge in [-0.05, 0) is 77.9 Å². The Bertz CT molecular complexity index is 1480. The lowest BCUT2D eigenvalue weighted by atomic mass is 9.73. The molecule has 0 atom stereocenters. The molecule has 216 valence electrons. The quantitative estimate of drug-likeness (QED) is 0.175. The first kappa shape index (κ1) is 29.4. The highest BCUT2D eigenvalue weighted by atomic mass is 19.4. The number of hydrogen-bond acceptors (Lipinski definition) is 4. The van der Waals surface area contributed by atoms with E-state index in [1.54, 1.807) is 0 Å². The third-order valence-electron chi connectivity index (χ3n) is 6.08. The summed E-state index contributed by atoms with van der Waals surface area (Å²) in [5.74, 6) is -0.969. The van der Waals surface area contributed by atoms with Gasteiger partial charge in [0.2, 0.25) is 5.41 Å². The molecule has 0 spiro atoms. The van der Waals surface area contributed by atoms with E-state index in [1.165, 1.54) is 24.3 Å². The highest BCUT2D eigenvalue weighted by Gasteiger charge is 2.72. The topological polar surface area (TPSA) is 70.5 Å². The number of nitrogens with two attached hydrogens (primary N) is 2. The van der Waals surface area contributed by atoms with Crippen molar-refractivity contribution in [1.82, 2.24) is 0 Å². The lowest BCUT2D eigenvalue weighted by Gasteiger charge is -2.38. The van der Waals surface area contributed by atoms with E-state index in [0.717, 1.165) is 36.4 Å². The van der Waals surface area contributed by atoms with Crippen LogP contribution in [0.2, 0.25) is 0 Å². The van der Waals surface area contributed by atoms with Crippen LogP contribution in [0.5, 0.6) is 23.0 Å². The molecule has 0 amide bonds. The second kappa shape index (κ2) is 10.5. The standard InChI is InChI=1S/C28H19F9N2O2/c29-26(30,31)23-15-19(39)7-14-24(23)41-22-10-3-17(4-11-22)25(27(32,33)34,28(35,36)37)16-1-8-20(9-2-16)40-21-12-5-18(38)6-13-21/h1-15H,38-39H2. The van der Waals surface area contributed by atoms with Gasteiger partial charge in [0.25, 0.3) is 0 Å². The van der Waals surface area contributed by atoms with E-state index < -0.39 is 52.1 Å². The number of nitrogen functional groups attached to an aromatic ring is 2. The maximum Gasteiger partial charge on any atom is 0.420 e. The molecule has 0 radical (unpaired) electrons. The van der Waals surface area contributed by atoms with E-state index in [9.17, 15) is 39.5 Å². The molecule has 0 fully saturated rings. The molecular weight excluding hydrogens is 567 g/mol. The van der Waals surface area contributed by atoms with Crippen LogP contribution in [-0.2, 0) is 11.6 Å². The first-order valence-electron chi connectivity index (χ1n) is 11.5. The minimum atomic E-state index is -5.88. The minimum absolute atomic E-state index is 0.0375. The summed E-state index contributed by atoms with van der Waals surface area (Å²) >= 11 is 0. The number of ether oxygens (including phenoxy) is 2. The van der Waals surface area contributed by atoms with Crippen molar-refractivity contribution in [2.24, 2.45) is 0 Å². The number of hydrogen-bond donors (Lipinski definition) is 2. The minimum Gasteiger partial charge on any atom is -0.457 e. The van der Waals surface area contributed by atoms with Gasteiger partial charge >= 0.3 is 18.5 Å². The molecule has 0 saturated heterocycles. The van der Waals surface area contributed by atoms with Gasteiger partial charge in [-0.15, -0.1) is 0 Å². The Morgan fingerprint density at radius 3 is 1.27 bits per heavy atom. The van der Waals surface area contributed by atoms with Crippen molar-refractivity contribution in [2.75, 3.05) is 11.5 Å². The third-order valence-corrected chi connectivity index (χ3v) is 6.08. The summed E-state index contributed by atoms with van der Waals surface area (Å²) in [6.45, 7) is 0. The Hall–Kier alpha value is -4.55. The zero-order valence-electron chi connectivity index (χ0n) is 20.5. The van der Waals surface area contributed by atoms with Crippen molar-refractivity contribution in [2.45, 2.75) is 23.9 Å². The smallest absolute Gasteiger partial charge is 0.420 e. The molecule has 0 aliphatic carbocycles. The Kier molecular flexibility index (Phi) is 7.50. The van der Waals surface area contributed by atoms with Crippen molar-refractivity contribution < 1.29 is 49.0 Å². The van der Waals surface area contributed by atoms with E-state index in [4.69, 9.17) is 20.9 Å². The molecule has 0 heterocycles. The van der Waals surface area contributed by atoms with Crippen molar-refractivity contribution in [3.8, 4) is 23.0 Å². The highest BCUT2D eigenvalue weighted by molar-refractivity contribution is 5.52. The normalized spacial score (nSPS) is 12.7. The van der Waals surface area contributed by atoms with Crippen molar-refractivity contribution >= 4 is 11.4 Å². The summed E-state index contributed by atoms with van der Waals surface area (Å²) in [7, 11) is 0. The summed E-state index contributed by atoms with van der Waals surface area (Å²) in [5.41, 5.74) is 3.00. The second-order valence-corrected chi connectivity index (χ2v) is 8.82. The fraction of sp³-hybridized carbons (Fsp3) is 0.143. The molecule has 4 aromatic carbocycles. The van der Waals surface area contributed by atoms with Crippen molar-refractivity contribution in [3.05, 3.63) is 108 Å². The molecular formula is C28H19F9N2O2. The fourth-order valence-corrected chi connectivity index (χ4v) is 4.19. The van der Waals surface area contributed by atoms with Gasteiger partial charge in [0, 0.05) is 11.4 Å². The highest BCUT2D eigenvalue weighted by Crippen LogP contribution is 2.56. The Morgan fingerprint density at radius 1 is 0.463 bits per heavy atom. The first-order chi connectivity index (χ1) is 19.0. The number of halogens is 9. The molecule has 0 aliphatic heterocycles. The lowest BCUT2D eigenvalue weighted by molar-refractivity contribution is -0.288. The molecule has 4 aromatic rings. The SMILES string of the molecule is Nc1ccc(Oc2ccc(C(c3ccc(Oc4ccc(N)cc4C(F)(F)F)cc3)(C(F)(F)F)C(F)(F)F)cc2)cc1. The average Bonchev–Trinajstić information content (AvgIpc) is 2.86. The summed E-state index contributed by atoms with van der Waals surface area (Å²) in [4.78, 5) is 0. The van der Waals surface area contributed by atoms with Crippen LogP contribution in [-0.4, -0.2) is 12.4 Å². The molecule has 13 heteroatoms. The lowest BCUT2D eigenvalue weighted by Crippen LogP contribution is -2.54. The number of alkyl halides is 9.